The maximum absolute atomic E-state index is 9.96. The van der Waals surface area contributed by atoms with E-state index in [1.807, 2.05) is 0 Å². The minimum Gasteiger partial charge on any atom is -0.396 e. The van der Waals surface area contributed by atoms with Crippen LogP contribution >= 0.6 is 0 Å². The molecule has 0 radical (unpaired) electrons. The Morgan fingerprint density at radius 1 is 0.739 bits per heavy atom. The van der Waals surface area contributed by atoms with Crippen LogP contribution < -0.4 is 0 Å². The number of aliphatic hydroxyl groups excluding tert-OH is 8. The van der Waals surface area contributed by atoms with E-state index in [-0.39, 0.29) is 6.42 Å². The first-order valence-electron chi connectivity index (χ1n) is 7.42. The first-order valence-corrected chi connectivity index (χ1v) is 7.42. The van der Waals surface area contributed by atoms with Crippen LogP contribution in [-0.4, -0.2) is 109 Å². The molecule has 10 nitrogen and oxygen atoms in total. The highest BCUT2D eigenvalue weighted by atomic mass is 16.7. The van der Waals surface area contributed by atoms with Crippen molar-refractivity contribution in [3.8, 4) is 0 Å². The lowest BCUT2D eigenvalue weighted by atomic mass is 9.81. The van der Waals surface area contributed by atoms with Crippen molar-refractivity contribution < 1.29 is 50.3 Å². The van der Waals surface area contributed by atoms with Gasteiger partial charge in [0.25, 0.3) is 0 Å². The molecule has 10 atom stereocenters. The van der Waals surface area contributed by atoms with Gasteiger partial charge in [0.15, 0.2) is 6.29 Å². The number of aliphatic hydroxyl groups is 8. The zero-order valence-corrected chi connectivity index (χ0v) is 12.3. The third-order valence-corrected chi connectivity index (χ3v) is 4.49. The van der Waals surface area contributed by atoms with Crippen molar-refractivity contribution in [1.29, 1.82) is 0 Å². The molecule has 2 fully saturated rings. The standard InChI is InChI=1S/C13H24O10/c14-2-4-1-5(8(17)10(19)7(4)16)22-13-12(21)11(20)9(18)6(3-15)23-13/h4-21H,1-3H2/t4?,5-,6?,7+,8?,9-,10?,11?,12?,13+/m1/s1. The summed E-state index contributed by atoms with van der Waals surface area (Å²) in [4.78, 5) is 0. The molecule has 8 N–H and O–H groups in total. The summed E-state index contributed by atoms with van der Waals surface area (Å²) in [6.45, 7) is -1.07. The van der Waals surface area contributed by atoms with Crippen LogP contribution in [0.4, 0.5) is 0 Å². The van der Waals surface area contributed by atoms with Crippen LogP contribution in [0.5, 0.6) is 0 Å². The second-order valence-corrected chi connectivity index (χ2v) is 6.02. The lowest BCUT2D eigenvalue weighted by Crippen LogP contribution is -2.62. The summed E-state index contributed by atoms with van der Waals surface area (Å²) >= 11 is 0. The Hall–Kier alpha value is -0.400. The molecule has 0 aromatic rings. The van der Waals surface area contributed by atoms with Gasteiger partial charge in [0.1, 0.15) is 36.6 Å². The normalized spacial score (nSPS) is 51.7. The molecule has 1 aliphatic heterocycles. The molecule has 136 valence electrons. The highest BCUT2D eigenvalue weighted by molar-refractivity contribution is 4.95. The quantitative estimate of drug-likeness (QED) is 0.247. The number of rotatable bonds is 4. The van der Waals surface area contributed by atoms with Crippen LogP contribution in [0.2, 0.25) is 0 Å². The Morgan fingerprint density at radius 2 is 1.35 bits per heavy atom. The van der Waals surface area contributed by atoms with Gasteiger partial charge in [0.2, 0.25) is 0 Å². The topological polar surface area (TPSA) is 180 Å². The number of ether oxygens (including phenoxy) is 2. The monoisotopic (exact) mass is 340 g/mol. The van der Waals surface area contributed by atoms with Gasteiger partial charge in [-0.3, -0.25) is 0 Å². The van der Waals surface area contributed by atoms with Gasteiger partial charge in [-0.15, -0.1) is 0 Å². The average molecular weight is 340 g/mol. The highest BCUT2D eigenvalue weighted by Gasteiger charge is 2.48. The van der Waals surface area contributed by atoms with Crippen LogP contribution in [0.25, 0.3) is 0 Å². The summed E-state index contributed by atoms with van der Waals surface area (Å²) in [6.07, 6.45) is -12.9. The van der Waals surface area contributed by atoms with E-state index >= 15 is 0 Å². The van der Waals surface area contributed by atoms with Crippen molar-refractivity contribution in [3.05, 3.63) is 0 Å². The van der Waals surface area contributed by atoms with E-state index in [1.165, 1.54) is 0 Å². The molecule has 2 rings (SSSR count). The third-order valence-electron chi connectivity index (χ3n) is 4.49. The Kier molecular flexibility index (Phi) is 6.30. The summed E-state index contributed by atoms with van der Waals surface area (Å²) in [5.41, 5.74) is 0. The molecule has 1 saturated carbocycles. The Bertz CT molecular complexity index is 344. The fraction of sp³-hybridized carbons (Fsp3) is 1.00. The maximum Gasteiger partial charge on any atom is 0.187 e. The van der Waals surface area contributed by atoms with E-state index in [2.05, 4.69) is 0 Å². The molecule has 6 unspecified atom stereocenters. The van der Waals surface area contributed by atoms with E-state index in [0.29, 0.717) is 0 Å². The molecule has 1 saturated heterocycles. The van der Waals surface area contributed by atoms with E-state index in [1.54, 1.807) is 0 Å². The van der Waals surface area contributed by atoms with Crippen molar-refractivity contribution in [1.82, 2.24) is 0 Å². The van der Waals surface area contributed by atoms with Crippen molar-refractivity contribution in [2.24, 2.45) is 5.92 Å². The molecule has 0 aromatic carbocycles. The Morgan fingerprint density at radius 3 is 1.91 bits per heavy atom. The summed E-state index contributed by atoms with van der Waals surface area (Å²) in [6, 6.07) is 0. The SMILES string of the molecule is OCC1C[C@@H](O[C@H]2OC(CO)[C@@H](O)C(O)C2O)C(O)C(O)[C@H]1O. The fourth-order valence-corrected chi connectivity index (χ4v) is 2.95. The van der Waals surface area contributed by atoms with E-state index in [4.69, 9.17) is 14.6 Å². The van der Waals surface area contributed by atoms with Crippen LogP contribution in [-0.2, 0) is 9.47 Å². The molecule has 2 aliphatic rings. The summed E-state index contributed by atoms with van der Waals surface area (Å²) in [5, 5.41) is 77.1. The predicted octanol–water partition coefficient (Wildman–Crippen LogP) is -4.73. The lowest BCUT2D eigenvalue weighted by molar-refractivity contribution is -0.326. The zero-order chi connectivity index (χ0) is 17.3. The molecule has 1 heterocycles. The van der Waals surface area contributed by atoms with Crippen LogP contribution in [0, 0.1) is 5.92 Å². The van der Waals surface area contributed by atoms with Crippen molar-refractivity contribution in [2.45, 2.75) is 61.5 Å². The Labute approximate surface area is 132 Å². The second-order valence-electron chi connectivity index (χ2n) is 6.02. The minimum absolute atomic E-state index is 0.0229. The van der Waals surface area contributed by atoms with Crippen molar-refractivity contribution >= 4 is 0 Å². The number of hydrogen-bond donors (Lipinski definition) is 8. The highest BCUT2D eigenvalue weighted by Crippen LogP contribution is 2.31. The van der Waals surface area contributed by atoms with Crippen LogP contribution in [0.3, 0.4) is 0 Å². The summed E-state index contributed by atoms with van der Waals surface area (Å²) in [7, 11) is 0. The summed E-state index contributed by atoms with van der Waals surface area (Å²) in [5.74, 6) is -0.747. The molecular formula is C13H24O10. The predicted molar refractivity (Wildman–Crippen MR) is 71.9 cm³/mol. The molecule has 0 spiro atoms. The van der Waals surface area contributed by atoms with Gasteiger partial charge in [-0.05, 0) is 6.42 Å². The maximum atomic E-state index is 9.96. The zero-order valence-electron chi connectivity index (χ0n) is 12.3. The van der Waals surface area contributed by atoms with E-state index in [9.17, 15) is 35.7 Å². The van der Waals surface area contributed by atoms with Gasteiger partial charge in [-0.1, -0.05) is 0 Å². The van der Waals surface area contributed by atoms with Gasteiger partial charge in [-0.2, -0.15) is 0 Å². The van der Waals surface area contributed by atoms with Gasteiger partial charge in [0, 0.05) is 12.5 Å². The number of hydrogen-bond acceptors (Lipinski definition) is 10. The van der Waals surface area contributed by atoms with Crippen molar-refractivity contribution in [3.63, 3.8) is 0 Å². The molecule has 0 bridgehead atoms. The van der Waals surface area contributed by atoms with E-state index in [0.717, 1.165) is 0 Å². The molecule has 0 amide bonds. The molecule has 23 heavy (non-hydrogen) atoms. The van der Waals surface area contributed by atoms with Crippen LogP contribution in [0.15, 0.2) is 0 Å². The molecule has 1 aliphatic carbocycles. The molecule has 10 heteroatoms. The first kappa shape index (κ1) is 18.9. The summed E-state index contributed by atoms with van der Waals surface area (Å²) < 4.78 is 10.5. The smallest absolute Gasteiger partial charge is 0.187 e. The first-order chi connectivity index (χ1) is 10.8. The van der Waals surface area contributed by atoms with Gasteiger partial charge in [-0.25, -0.2) is 0 Å². The Balaban J connectivity index is 2.07. The van der Waals surface area contributed by atoms with Gasteiger partial charge >= 0.3 is 0 Å². The fourth-order valence-electron chi connectivity index (χ4n) is 2.95. The van der Waals surface area contributed by atoms with Gasteiger partial charge < -0.3 is 50.3 Å². The molecule has 0 aromatic heterocycles. The second kappa shape index (κ2) is 7.66. The van der Waals surface area contributed by atoms with Gasteiger partial charge in [0.05, 0.1) is 18.8 Å². The third kappa shape index (κ3) is 3.66. The molecular weight excluding hydrogens is 316 g/mol. The lowest BCUT2D eigenvalue weighted by Gasteiger charge is -2.44. The average Bonchev–Trinajstić information content (AvgIpc) is 2.55. The van der Waals surface area contributed by atoms with Crippen molar-refractivity contribution in [2.75, 3.05) is 13.2 Å². The van der Waals surface area contributed by atoms with Crippen LogP contribution in [0.1, 0.15) is 6.42 Å². The largest absolute Gasteiger partial charge is 0.396 e. The minimum atomic E-state index is -1.64. The van der Waals surface area contributed by atoms with E-state index < -0.39 is 74.3 Å².